The number of hydrogen-bond donors (Lipinski definition) is 0. The van der Waals surface area contributed by atoms with Crippen LogP contribution in [0.1, 0.15) is 58.7 Å². The largest absolute Gasteiger partial charge is 0.497 e. The van der Waals surface area contributed by atoms with E-state index in [2.05, 4.69) is 15.1 Å². The van der Waals surface area contributed by atoms with Crippen LogP contribution in [0.2, 0.25) is 0 Å². The molecule has 0 N–H and O–H groups in total. The predicted octanol–water partition coefficient (Wildman–Crippen LogP) is 3.34. The topological polar surface area (TPSA) is 81.4 Å². The van der Waals surface area contributed by atoms with Gasteiger partial charge in [0.25, 0.3) is 5.91 Å². The fourth-order valence-corrected chi connectivity index (χ4v) is 3.17. The highest BCUT2D eigenvalue weighted by Gasteiger charge is 2.28. The minimum absolute atomic E-state index is 0.148. The number of carbonyl (C=O) groups is 1. The van der Waals surface area contributed by atoms with E-state index in [-0.39, 0.29) is 11.8 Å². The summed E-state index contributed by atoms with van der Waals surface area (Å²) in [6, 6.07) is 9.57. The van der Waals surface area contributed by atoms with Crippen LogP contribution in [0.4, 0.5) is 0 Å². The van der Waals surface area contributed by atoms with Crippen molar-refractivity contribution < 1.29 is 14.1 Å². The number of ether oxygens (including phenoxy) is 1. The van der Waals surface area contributed by atoms with Gasteiger partial charge in [-0.1, -0.05) is 31.1 Å². The van der Waals surface area contributed by atoms with E-state index in [0.29, 0.717) is 31.0 Å². The number of rotatable bonds is 5. The number of fused-ring (bicyclic) bond motifs is 1. The smallest absolute Gasteiger partial charge is 0.276 e. The number of aromatic nitrogens is 3. The quantitative estimate of drug-likeness (QED) is 0.677. The first kappa shape index (κ1) is 18.2. The zero-order chi connectivity index (χ0) is 19.7. The molecule has 0 unspecified atom stereocenters. The number of carbonyl (C=O) groups excluding carboxylic acids is 1. The summed E-state index contributed by atoms with van der Waals surface area (Å²) in [5, 5.41) is 3.92. The Morgan fingerprint density at radius 2 is 2.04 bits per heavy atom. The zero-order valence-electron chi connectivity index (χ0n) is 16.2. The van der Waals surface area contributed by atoms with E-state index in [0.717, 1.165) is 28.4 Å². The Balaban J connectivity index is 1.46. The molecule has 0 saturated carbocycles. The summed E-state index contributed by atoms with van der Waals surface area (Å²) in [6.45, 7) is 4.94. The lowest BCUT2D eigenvalue weighted by molar-refractivity contribution is 0.0739. The normalized spacial score (nSPS) is 13.1. The lowest BCUT2D eigenvalue weighted by atomic mass is 10.1. The lowest BCUT2D eigenvalue weighted by Crippen LogP contribution is -2.25. The molecule has 1 aliphatic heterocycles. The molecule has 0 bridgehead atoms. The van der Waals surface area contributed by atoms with Crippen molar-refractivity contribution in [2.75, 3.05) is 7.11 Å². The lowest BCUT2D eigenvalue weighted by Gasteiger charge is -2.12. The molecule has 3 aromatic rings. The van der Waals surface area contributed by atoms with Gasteiger partial charge in [0.2, 0.25) is 0 Å². The first-order valence-electron chi connectivity index (χ1n) is 9.26. The summed E-state index contributed by atoms with van der Waals surface area (Å²) in [5.41, 5.74) is 3.30. The molecule has 28 heavy (non-hydrogen) atoms. The van der Waals surface area contributed by atoms with Crippen molar-refractivity contribution in [2.24, 2.45) is 0 Å². The Bertz CT molecular complexity index is 995. The van der Waals surface area contributed by atoms with Gasteiger partial charge in [0.1, 0.15) is 17.3 Å². The zero-order valence-corrected chi connectivity index (χ0v) is 16.2. The van der Waals surface area contributed by atoms with Crippen LogP contribution >= 0.6 is 0 Å². The third-order valence-electron chi connectivity index (χ3n) is 4.83. The second-order valence-corrected chi connectivity index (χ2v) is 7.21. The van der Waals surface area contributed by atoms with Crippen LogP contribution in [0.25, 0.3) is 0 Å². The Morgan fingerprint density at radius 3 is 2.71 bits per heavy atom. The second-order valence-electron chi connectivity index (χ2n) is 7.21. The van der Waals surface area contributed by atoms with Gasteiger partial charge in [-0.05, 0) is 17.7 Å². The van der Waals surface area contributed by atoms with E-state index in [1.54, 1.807) is 18.1 Å². The van der Waals surface area contributed by atoms with Gasteiger partial charge in [0, 0.05) is 36.7 Å². The fraction of sp³-hybridized carbons (Fsp3) is 0.333. The van der Waals surface area contributed by atoms with E-state index >= 15 is 0 Å². The van der Waals surface area contributed by atoms with E-state index < -0.39 is 0 Å². The van der Waals surface area contributed by atoms with Crippen molar-refractivity contribution in [3.8, 4) is 5.75 Å². The Hall–Kier alpha value is -3.22. The molecule has 1 aliphatic rings. The molecule has 144 valence electrons. The molecular weight excluding hydrogens is 356 g/mol. The molecule has 0 spiro atoms. The average Bonchev–Trinajstić information content (AvgIpc) is 3.35. The number of benzene rings is 1. The summed E-state index contributed by atoms with van der Waals surface area (Å²) in [4.78, 5) is 23.6. The van der Waals surface area contributed by atoms with Crippen LogP contribution in [0.5, 0.6) is 5.75 Å². The third kappa shape index (κ3) is 3.60. The number of nitrogens with zero attached hydrogens (tertiary/aromatic N) is 4. The van der Waals surface area contributed by atoms with Gasteiger partial charge in [0.05, 0.1) is 19.3 Å². The van der Waals surface area contributed by atoms with Crippen LogP contribution in [0, 0.1) is 0 Å². The van der Waals surface area contributed by atoms with Crippen molar-refractivity contribution in [1.29, 1.82) is 0 Å². The van der Waals surface area contributed by atoms with E-state index in [9.17, 15) is 4.79 Å². The van der Waals surface area contributed by atoms with Crippen LogP contribution in [0.15, 0.2) is 41.1 Å². The van der Waals surface area contributed by atoms with Gasteiger partial charge in [0.15, 0.2) is 5.69 Å². The summed E-state index contributed by atoms with van der Waals surface area (Å²) in [5.74, 6) is 2.31. The molecular formula is C21H22N4O3. The SMILES string of the molecule is COc1ccc(Cc2ncc3c(n2)CN(C(=O)c2cc(C(C)C)on2)C3)cc1. The van der Waals surface area contributed by atoms with Crippen LogP contribution < -0.4 is 4.74 Å². The van der Waals surface area contributed by atoms with Crippen LogP contribution in [-0.4, -0.2) is 33.0 Å². The van der Waals surface area contributed by atoms with Crippen molar-refractivity contribution >= 4 is 5.91 Å². The van der Waals surface area contributed by atoms with E-state index in [1.165, 1.54) is 0 Å². The summed E-state index contributed by atoms with van der Waals surface area (Å²) >= 11 is 0. The van der Waals surface area contributed by atoms with Crippen molar-refractivity contribution in [2.45, 2.75) is 39.3 Å². The summed E-state index contributed by atoms with van der Waals surface area (Å²) in [7, 11) is 1.65. The van der Waals surface area contributed by atoms with E-state index in [1.807, 2.05) is 44.3 Å². The monoisotopic (exact) mass is 378 g/mol. The first-order chi connectivity index (χ1) is 13.5. The maximum absolute atomic E-state index is 12.7. The maximum Gasteiger partial charge on any atom is 0.276 e. The molecule has 7 nitrogen and oxygen atoms in total. The fourth-order valence-electron chi connectivity index (χ4n) is 3.17. The number of amides is 1. The van der Waals surface area contributed by atoms with Crippen molar-refractivity contribution in [3.63, 3.8) is 0 Å². The molecule has 3 heterocycles. The minimum Gasteiger partial charge on any atom is -0.497 e. The van der Waals surface area contributed by atoms with Gasteiger partial charge in [-0.3, -0.25) is 4.79 Å². The van der Waals surface area contributed by atoms with Crippen LogP contribution in [-0.2, 0) is 19.5 Å². The van der Waals surface area contributed by atoms with Gasteiger partial charge in [-0.15, -0.1) is 0 Å². The van der Waals surface area contributed by atoms with E-state index in [4.69, 9.17) is 9.26 Å². The van der Waals surface area contributed by atoms with Crippen molar-refractivity contribution in [1.82, 2.24) is 20.0 Å². The predicted molar refractivity (Wildman–Crippen MR) is 102 cm³/mol. The first-order valence-corrected chi connectivity index (χ1v) is 9.26. The molecule has 7 heteroatoms. The highest BCUT2D eigenvalue weighted by molar-refractivity contribution is 5.92. The third-order valence-corrected chi connectivity index (χ3v) is 4.83. The van der Waals surface area contributed by atoms with Gasteiger partial charge in [-0.25, -0.2) is 9.97 Å². The Kier molecular flexibility index (Phi) is 4.81. The molecule has 0 radical (unpaired) electrons. The van der Waals surface area contributed by atoms with Gasteiger partial charge < -0.3 is 14.2 Å². The number of hydrogen-bond acceptors (Lipinski definition) is 6. The summed E-state index contributed by atoms with van der Waals surface area (Å²) < 4.78 is 10.4. The van der Waals surface area contributed by atoms with Gasteiger partial charge >= 0.3 is 0 Å². The summed E-state index contributed by atoms with van der Waals surface area (Å²) in [6.07, 6.45) is 2.45. The molecule has 4 rings (SSSR count). The standard InChI is InChI=1S/C21H22N4O3/c1-13(2)19-9-17(24-28-19)21(26)25-11-15-10-22-20(23-18(15)12-25)8-14-4-6-16(27-3)7-5-14/h4-7,9-10,13H,8,11-12H2,1-3H3. The Labute approximate surface area is 163 Å². The molecule has 1 amide bonds. The molecule has 0 aliphatic carbocycles. The average molecular weight is 378 g/mol. The van der Waals surface area contributed by atoms with Gasteiger partial charge in [-0.2, -0.15) is 0 Å². The molecule has 0 saturated heterocycles. The Morgan fingerprint density at radius 1 is 1.25 bits per heavy atom. The molecule has 0 fully saturated rings. The molecule has 1 aromatic carbocycles. The van der Waals surface area contributed by atoms with Crippen molar-refractivity contribution in [3.05, 3.63) is 70.6 Å². The maximum atomic E-state index is 12.7. The molecule has 0 atom stereocenters. The number of methoxy groups -OCH3 is 1. The highest BCUT2D eigenvalue weighted by atomic mass is 16.5. The highest BCUT2D eigenvalue weighted by Crippen LogP contribution is 2.24. The second kappa shape index (κ2) is 7.42. The minimum atomic E-state index is -0.148. The van der Waals surface area contributed by atoms with Crippen LogP contribution in [0.3, 0.4) is 0 Å². The molecule has 2 aromatic heterocycles.